The van der Waals surface area contributed by atoms with E-state index in [0.29, 0.717) is 0 Å². The van der Waals surface area contributed by atoms with Crippen LogP contribution in [0.15, 0.2) is 18.5 Å². The average Bonchev–Trinajstić information content (AvgIpc) is 3.09. The van der Waals surface area contributed by atoms with Crippen LogP contribution < -0.4 is 5.32 Å². The van der Waals surface area contributed by atoms with Crippen molar-refractivity contribution in [2.75, 3.05) is 19.8 Å². The van der Waals surface area contributed by atoms with Crippen molar-refractivity contribution in [1.29, 1.82) is 0 Å². The maximum Gasteiger partial charge on any atom is 0.0591 e. The molecule has 1 fully saturated rings. The second-order valence-electron chi connectivity index (χ2n) is 4.50. The molecular weight excluding hydrogens is 200 g/mol. The third-order valence-electron chi connectivity index (χ3n) is 2.94. The lowest BCUT2D eigenvalue weighted by Crippen LogP contribution is -2.20. The number of nitrogens with one attached hydrogen (secondary N) is 1. The van der Waals surface area contributed by atoms with E-state index in [-0.39, 0.29) is 0 Å². The first-order valence-corrected chi connectivity index (χ1v) is 6.04. The molecule has 88 valence electrons. The maximum atomic E-state index is 5.55. The molecule has 2 rings (SSSR count). The van der Waals surface area contributed by atoms with Crippen molar-refractivity contribution in [3.05, 3.63) is 29.6 Å². The van der Waals surface area contributed by atoms with Gasteiger partial charge in [-0.2, -0.15) is 0 Å². The molecule has 16 heavy (non-hydrogen) atoms. The molecule has 3 nitrogen and oxygen atoms in total. The highest BCUT2D eigenvalue weighted by Gasteiger charge is 2.20. The monoisotopic (exact) mass is 220 g/mol. The fraction of sp³-hybridized carbons (Fsp3) is 0.615. The molecule has 0 unspecified atom stereocenters. The lowest BCUT2D eigenvalue weighted by Gasteiger charge is -2.07. The van der Waals surface area contributed by atoms with Gasteiger partial charge < -0.3 is 10.1 Å². The third-order valence-corrected chi connectivity index (χ3v) is 2.94. The summed E-state index contributed by atoms with van der Waals surface area (Å²) in [5.41, 5.74) is 2.56. The number of aryl methyl sites for hydroxylation is 1. The molecule has 0 aromatic carbocycles. The zero-order valence-corrected chi connectivity index (χ0v) is 9.91. The third kappa shape index (κ3) is 3.91. The minimum atomic E-state index is 0.815. The number of hydrogen-bond donors (Lipinski definition) is 1. The molecule has 1 heterocycles. The van der Waals surface area contributed by atoms with Gasteiger partial charge in [-0.3, -0.25) is 4.98 Å². The van der Waals surface area contributed by atoms with E-state index < -0.39 is 0 Å². The summed E-state index contributed by atoms with van der Waals surface area (Å²) in [6, 6.07) is 2.04. The molecule has 1 aliphatic carbocycles. The highest BCUT2D eigenvalue weighted by Crippen LogP contribution is 2.28. The highest BCUT2D eigenvalue weighted by atomic mass is 16.5. The SMILES string of the molecule is Cc1ccncc1CNCCOCC1CC1. The van der Waals surface area contributed by atoms with Crippen LogP contribution >= 0.6 is 0 Å². The van der Waals surface area contributed by atoms with Crippen molar-refractivity contribution < 1.29 is 4.74 Å². The standard InChI is InChI=1S/C13H20N2O/c1-11-4-5-14-8-13(11)9-15-6-7-16-10-12-2-3-12/h4-5,8,12,15H,2-3,6-7,9-10H2,1H3. The molecule has 0 spiro atoms. The minimum absolute atomic E-state index is 0.815. The second kappa shape index (κ2) is 5.97. The van der Waals surface area contributed by atoms with Gasteiger partial charge in [-0.1, -0.05) is 0 Å². The van der Waals surface area contributed by atoms with Gasteiger partial charge in [0, 0.05) is 32.1 Å². The van der Waals surface area contributed by atoms with Crippen molar-refractivity contribution in [1.82, 2.24) is 10.3 Å². The normalized spacial score (nSPS) is 15.3. The first-order chi connectivity index (χ1) is 7.86. The first kappa shape index (κ1) is 11.6. The Bertz CT molecular complexity index is 323. The molecule has 1 aliphatic rings. The summed E-state index contributed by atoms with van der Waals surface area (Å²) in [7, 11) is 0. The Labute approximate surface area is 97.2 Å². The van der Waals surface area contributed by atoms with Crippen molar-refractivity contribution in [3.63, 3.8) is 0 Å². The van der Waals surface area contributed by atoms with E-state index in [2.05, 4.69) is 17.2 Å². The minimum Gasteiger partial charge on any atom is -0.380 e. The van der Waals surface area contributed by atoms with E-state index >= 15 is 0 Å². The molecule has 3 heteroatoms. The summed E-state index contributed by atoms with van der Waals surface area (Å²) < 4.78 is 5.55. The van der Waals surface area contributed by atoms with E-state index in [0.717, 1.165) is 32.2 Å². The van der Waals surface area contributed by atoms with Crippen LogP contribution in [0.25, 0.3) is 0 Å². The Morgan fingerprint density at radius 3 is 3.12 bits per heavy atom. The number of hydrogen-bond acceptors (Lipinski definition) is 3. The van der Waals surface area contributed by atoms with Crippen molar-refractivity contribution in [2.24, 2.45) is 5.92 Å². The average molecular weight is 220 g/mol. The molecule has 1 aromatic rings. The van der Waals surface area contributed by atoms with E-state index in [1.54, 1.807) is 0 Å². The van der Waals surface area contributed by atoms with Gasteiger partial charge >= 0.3 is 0 Å². The Balaban J connectivity index is 1.55. The summed E-state index contributed by atoms with van der Waals surface area (Å²) in [6.07, 6.45) is 6.48. The Morgan fingerprint density at radius 2 is 2.38 bits per heavy atom. The number of pyridine rings is 1. The van der Waals surface area contributed by atoms with Crippen LogP contribution in [-0.2, 0) is 11.3 Å². The summed E-state index contributed by atoms with van der Waals surface area (Å²) in [5.74, 6) is 0.862. The van der Waals surface area contributed by atoms with Crippen molar-refractivity contribution in [3.8, 4) is 0 Å². The first-order valence-electron chi connectivity index (χ1n) is 6.04. The predicted molar refractivity (Wildman–Crippen MR) is 64.2 cm³/mol. The molecule has 0 atom stereocenters. The Morgan fingerprint density at radius 1 is 1.50 bits per heavy atom. The smallest absolute Gasteiger partial charge is 0.0591 e. The second-order valence-corrected chi connectivity index (χ2v) is 4.50. The molecule has 1 aromatic heterocycles. The van der Waals surface area contributed by atoms with E-state index in [1.165, 1.54) is 24.0 Å². The van der Waals surface area contributed by atoms with Crippen LogP contribution in [0.2, 0.25) is 0 Å². The van der Waals surface area contributed by atoms with Gasteiger partial charge in [0.15, 0.2) is 0 Å². The summed E-state index contributed by atoms with van der Waals surface area (Å²) in [6.45, 7) is 5.68. The van der Waals surface area contributed by atoms with Crippen LogP contribution in [-0.4, -0.2) is 24.7 Å². The molecule has 0 radical (unpaired) electrons. The molecule has 1 N–H and O–H groups in total. The number of ether oxygens (including phenoxy) is 1. The van der Waals surface area contributed by atoms with Gasteiger partial charge in [-0.05, 0) is 42.9 Å². The fourth-order valence-corrected chi connectivity index (χ4v) is 1.58. The van der Waals surface area contributed by atoms with Gasteiger partial charge in [0.1, 0.15) is 0 Å². The molecular formula is C13H20N2O. The number of aromatic nitrogens is 1. The molecule has 0 amide bonds. The van der Waals surface area contributed by atoms with E-state index in [4.69, 9.17) is 4.74 Å². The van der Waals surface area contributed by atoms with Crippen LogP contribution in [0.4, 0.5) is 0 Å². The van der Waals surface area contributed by atoms with E-state index in [9.17, 15) is 0 Å². The molecule has 0 bridgehead atoms. The van der Waals surface area contributed by atoms with E-state index in [1.807, 2.05) is 18.5 Å². The van der Waals surface area contributed by atoms with Crippen LogP contribution in [0.5, 0.6) is 0 Å². The van der Waals surface area contributed by atoms with Crippen LogP contribution in [0, 0.1) is 12.8 Å². The highest BCUT2D eigenvalue weighted by molar-refractivity contribution is 5.20. The fourth-order valence-electron chi connectivity index (χ4n) is 1.58. The number of rotatable bonds is 7. The van der Waals surface area contributed by atoms with Crippen LogP contribution in [0.3, 0.4) is 0 Å². The molecule has 0 saturated heterocycles. The van der Waals surface area contributed by atoms with Gasteiger partial charge in [0.05, 0.1) is 6.61 Å². The van der Waals surface area contributed by atoms with Crippen molar-refractivity contribution >= 4 is 0 Å². The molecule has 1 saturated carbocycles. The van der Waals surface area contributed by atoms with Gasteiger partial charge in [-0.15, -0.1) is 0 Å². The molecule has 0 aliphatic heterocycles. The van der Waals surface area contributed by atoms with Gasteiger partial charge in [-0.25, -0.2) is 0 Å². The maximum absolute atomic E-state index is 5.55. The predicted octanol–water partition coefficient (Wildman–Crippen LogP) is 1.91. The Hall–Kier alpha value is -0.930. The largest absolute Gasteiger partial charge is 0.380 e. The summed E-state index contributed by atoms with van der Waals surface area (Å²) in [5, 5.41) is 3.37. The quantitative estimate of drug-likeness (QED) is 0.713. The lowest BCUT2D eigenvalue weighted by atomic mass is 10.2. The van der Waals surface area contributed by atoms with Gasteiger partial charge in [0.25, 0.3) is 0 Å². The van der Waals surface area contributed by atoms with Gasteiger partial charge in [0.2, 0.25) is 0 Å². The summed E-state index contributed by atoms with van der Waals surface area (Å²) in [4.78, 5) is 4.12. The zero-order chi connectivity index (χ0) is 11.2. The van der Waals surface area contributed by atoms with Crippen LogP contribution in [0.1, 0.15) is 24.0 Å². The lowest BCUT2D eigenvalue weighted by molar-refractivity contribution is 0.126. The Kier molecular flexibility index (Phi) is 4.31. The topological polar surface area (TPSA) is 34.2 Å². The van der Waals surface area contributed by atoms with Crippen molar-refractivity contribution in [2.45, 2.75) is 26.3 Å². The number of nitrogens with zero attached hydrogens (tertiary/aromatic N) is 1. The summed E-state index contributed by atoms with van der Waals surface area (Å²) >= 11 is 0. The zero-order valence-electron chi connectivity index (χ0n) is 9.91.